The molecule has 4 rings (SSSR count). The molecule has 1 aliphatic carbocycles. The molecule has 54 heavy (non-hydrogen) atoms. The van der Waals surface area contributed by atoms with Gasteiger partial charge in [-0.15, -0.1) is 0 Å². The number of methoxy groups -OCH3 is 1. The summed E-state index contributed by atoms with van der Waals surface area (Å²) in [5.41, 5.74) is -0.902. The normalized spacial score (nSPS) is 20.6. The van der Waals surface area contributed by atoms with Crippen LogP contribution in [0.15, 0.2) is 36.4 Å². The standard InChI is InChI=1S/C39H52F4N2O9/c1-9-50-34(46)39(42,43)52-33-29(20-26(40)21-30(33)41)25-12-16-28(17-13-25)51-23-32-31(18-19-44(32)35(47)53-37(2,3)4)45(36(48)54-38(5,6)7)22-24-10-14-27(49-8)15-11-24/h10-11,14-15,20-21,25,28,31-32H,9,12-13,16-19,22-23H2,1-8H3/t25?,28?,31-,32-/m0/s1. The lowest BCUT2D eigenvalue weighted by molar-refractivity contribution is -0.217. The van der Waals surface area contributed by atoms with Crippen molar-refractivity contribution in [3.8, 4) is 11.5 Å². The van der Waals surface area contributed by atoms with E-state index >= 15 is 0 Å². The Morgan fingerprint density at radius 1 is 0.889 bits per heavy atom. The van der Waals surface area contributed by atoms with Crippen LogP contribution in [0, 0.1) is 11.6 Å². The summed E-state index contributed by atoms with van der Waals surface area (Å²) in [7, 11) is 1.56. The first-order valence-electron chi connectivity index (χ1n) is 18.2. The lowest BCUT2D eigenvalue weighted by Crippen LogP contribution is -2.53. The third-order valence-electron chi connectivity index (χ3n) is 9.08. The number of rotatable bonds is 12. The molecule has 1 aliphatic heterocycles. The van der Waals surface area contributed by atoms with Crippen molar-refractivity contribution in [1.82, 2.24) is 9.80 Å². The molecule has 2 aliphatic rings. The predicted octanol–water partition coefficient (Wildman–Crippen LogP) is 8.37. The van der Waals surface area contributed by atoms with Crippen molar-refractivity contribution >= 4 is 18.2 Å². The molecule has 0 bridgehead atoms. The van der Waals surface area contributed by atoms with E-state index in [1.165, 1.54) is 6.92 Å². The summed E-state index contributed by atoms with van der Waals surface area (Å²) < 4.78 is 90.5. The highest BCUT2D eigenvalue weighted by molar-refractivity contribution is 5.76. The Kier molecular flexibility index (Phi) is 13.7. The number of likely N-dealkylation sites (tertiary alicyclic amines) is 1. The third kappa shape index (κ3) is 11.4. The van der Waals surface area contributed by atoms with Gasteiger partial charge in [-0.2, -0.15) is 8.78 Å². The van der Waals surface area contributed by atoms with Crippen molar-refractivity contribution in [2.75, 3.05) is 26.9 Å². The number of hydrogen-bond donors (Lipinski definition) is 0. The number of amides is 2. The van der Waals surface area contributed by atoms with Gasteiger partial charge >= 0.3 is 24.3 Å². The fourth-order valence-electron chi connectivity index (χ4n) is 6.67. The molecule has 2 atom stereocenters. The van der Waals surface area contributed by atoms with Gasteiger partial charge in [-0.3, -0.25) is 4.90 Å². The van der Waals surface area contributed by atoms with Crippen molar-refractivity contribution in [3.63, 3.8) is 0 Å². The van der Waals surface area contributed by atoms with Gasteiger partial charge in [0.1, 0.15) is 22.8 Å². The first kappa shape index (κ1) is 42.5. The van der Waals surface area contributed by atoms with Gasteiger partial charge in [0.2, 0.25) is 0 Å². The Morgan fingerprint density at radius 2 is 1.52 bits per heavy atom. The molecular weight excluding hydrogens is 716 g/mol. The van der Waals surface area contributed by atoms with Crippen LogP contribution in [0.25, 0.3) is 0 Å². The number of carbonyl (C=O) groups excluding carboxylic acids is 3. The topological polar surface area (TPSA) is 113 Å². The maximum atomic E-state index is 14.9. The molecule has 2 amide bonds. The molecule has 0 aromatic heterocycles. The van der Waals surface area contributed by atoms with E-state index in [0.29, 0.717) is 43.9 Å². The van der Waals surface area contributed by atoms with Crippen molar-refractivity contribution < 1.29 is 60.4 Å². The van der Waals surface area contributed by atoms with Crippen LogP contribution < -0.4 is 9.47 Å². The number of ether oxygens (including phenoxy) is 6. The molecule has 2 fully saturated rings. The largest absolute Gasteiger partial charge is 0.502 e. The zero-order valence-electron chi connectivity index (χ0n) is 32.2. The number of esters is 1. The van der Waals surface area contributed by atoms with E-state index in [9.17, 15) is 31.9 Å². The summed E-state index contributed by atoms with van der Waals surface area (Å²) in [5.74, 6) is -5.19. The molecule has 2 aromatic rings. The second-order valence-electron chi connectivity index (χ2n) is 15.5. The minimum Gasteiger partial charge on any atom is -0.497 e. The number of alkyl halides is 2. The van der Waals surface area contributed by atoms with Crippen LogP contribution in [0.5, 0.6) is 11.5 Å². The molecule has 1 saturated carbocycles. The molecule has 1 heterocycles. The highest BCUT2D eigenvalue weighted by atomic mass is 19.3. The van der Waals surface area contributed by atoms with E-state index < -0.39 is 70.9 Å². The first-order valence-corrected chi connectivity index (χ1v) is 18.2. The van der Waals surface area contributed by atoms with E-state index in [1.54, 1.807) is 70.6 Å². The van der Waals surface area contributed by atoms with Crippen molar-refractivity contribution in [1.29, 1.82) is 0 Å². The Bertz CT molecular complexity index is 1600. The fraction of sp³-hybridized carbons (Fsp3) is 0.615. The lowest BCUT2D eigenvalue weighted by atomic mass is 9.82. The molecule has 2 aromatic carbocycles. The average Bonchev–Trinajstić information content (AvgIpc) is 3.50. The van der Waals surface area contributed by atoms with Gasteiger partial charge < -0.3 is 33.3 Å². The molecular formula is C39H52F4N2O9. The van der Waals surface area contributed by atoms with E-state index in [2.05, 4.69) is 9.47 Å². The average molecular weight is 769 g/mol. The first-order chi connectivity index (χ1) is 25.2. The molecule has 15 heteroatoms. The van der Waals surface area contributed by atoms with E-state index in [0.717, 1.165) is 11.6 Å². The Balaban J connectivity index is 1.54. The summed E-state index contributed by atoms with van der Waals surface area (Å²) in [6.07, 6.45) is -4.24. The Morgan fingerprint density at radius 3 is 2.09 bits per heavy atom. The molecule has 0 spiro atoms. The van der Waals surface area contributed by atoms with Crippen LogP contribution in [0.1, 0.15) is 97.6 Å². The van der Waals surface area contributed by atoms with Crippen LogP contribution in [0.2, 0.25) is 0 Å². The highest BCUT2D eigenvalue weighted by Crippen LogP contribution is 2.42. The number of halogens is 4. The third-order valence-corrected chi connectivity index (χ3v) is 9.08. The molecule has 11 nitrogen and oxygen atoms in total. The Hall–Kier alpha value is -4.27. The number of nitrogens with zero attached hydrogens (tertiary/aromatic N) is 2. The van der Waals surface area contributed by atoms with Crippen LogP contribution in [0.3, 0.4) is 0 Å². The zero-order chi connectivity index (χ0) is 40.0. The number of benzene rings is 2. The van der Waals surface area contributed by atoms with Crippen LogP contribution in [-0.2, 0) is 30.3 Å². The van der Waals surface area contributed by atoms with Crippen molar-refractivity contribution in [2.45, 2.75) is 129 Å². The van der Waals surface area contributed by atoms with Gasteiger partial charge in [0.05, 0.1) is 38.5 Å². The molecule has 0 unspecified atom stereocenters. The van der Waals surface area contributed by atoms with E-state index in [-0.39, 0.29) is 38.0 Å². The monoisotopic (exact) mass is 768 g/mol. The molecule has 300 valence electrons. The van der Waals surface area contributed by atoms with Gasteiger partial charge in [-0.25, -0.2) is 23.2 Å². The van der Waals surface area contributed by atoms with Crippen LogP contribution >= 0.6 is 0 Å². The number of carbonyl (C=O) groups is 3. The summed E-state index contributed by atoms with van der Waals surface area (Å²) in [6, 6.07) is 7.47. The SMILES string of the molecule is CCOC(=O)C(F)(F)Oc1c(F)cc(F)cc1C1CCC(OC[C@H]2[C@@H](N(Cc3ccc(OC)cc3)C(=O)OC(C)(C)C)CCN2C(=O)OC(C)(C)C)CC1. The van der Waals surface area contributed by atoms with Gasteiger partial charge in [-0.1, -0.05) is 12.1 Å². The minimum absolute atomic E-state index is 0.0237. The highest BCUT2D eigenvalue weighted by Gasteiger charge is 2.47. The zero-order valence-corrected chi connectivity index (χ0v) is 32.2. The summed E-state index contributed by atoms with van der Waals surface area (Å²) in [4.78, 5) is 42.3. The molecule has 0 N–H and O–H groups in total. The Labute approximate surface area is 314 Å². The van der Waals surface area contributed by atoms with Gasteiger partial charge in [0.25, 0.3) is 0 Å². The molecule has 0 radical (unpaired) electrons. The lowest BCUT2D eigenvalue weighted by Gasteiger charge is -2.38. The smallest absolute Gasteiger partial charge is 0.497 e. The summed E-state index contributed by atoms with van der Waals surface area (Å²) in [6.45, 7) is 12.1. The van der Waals surface area contributed by atoms with E-state index in [1.807, 2.05) is 12.1 Å². The van der Waals surface area contributed by atoms with Gasteiger partial charge in [-0.05, 0) is 110 Å². The fourth-order valence-corrected chi connectivity index (χ4v) is 6.67. The minimum atomic E-state index is -4.50. The van der Waals surface area contributed by atoms with Crippen molar-refractivity contribution in [3.05, 3.63) is 59.2 Å². The van der Waals surface area contributed by atoms with Crippen molar-refractivity contribution in [2.24, 2.45) is 0 Å². The number of hydrogen-bond acceptors (Lipinski definition) is 9. The molecule has 1 saturated heterocycles. The van der Waals surface area contributed by atoms with Gasteiger partial charge in [0, 0.05) is 24.7 Å². The van der Waals surface area contributed by atoms with Crippen LogP contribution in [-0.4, -0.2) is 90.3 Å². The predicted molar refractivity (Wildman–Crippen MR) is 189 cm³/mol. The maximum absolute atomic E-state index is 14.9. The van der Waals surface area contributed by atoms with Gasteiger partial charge in [0.15, 0.2) is 11.6 Å². The maximum Gasteiger partial charge on any atom is 0.502 e. The second-order valence-corrected chi connectivity index (χ2v) is 15.5. The quantitative estimate of drug-likeness (QED) is 0.119. The summed E-state index contributed by atoms with van der Waals surface area (Å²) in [5, 5.41) is 0. The van der Waals surface area contributed by atoms with E-state index in [4.69, 9.17) is 18.9 Å². The second kappa shape index (κ2) is 17.5. The summed E-state index contributed by atoms with van der Waals surface area (Å²) >= 11 is 0. The van der Waals surface area contributed by atoms with Crippen LogP contribution in [0.4, 0.5) is 27.2 Å².